The van der Waals surface area contributed by atoms with Crippen molar-refractivity contribution in [3.8, 4) is 0 Å². The van der Waals surface area contributed by atoms with Crippen molar-refractivity contribution >= 4 is 29.3 Å². The van der Waals surface area contributed by atoms with E-state index in [1.807, 2.05) is 0 Å². The Labute approximate surface area is 127 Å². The summed E-state index contributed by atoms with van der Waals surface area (Å²) < 4.78 is 0. The molecule has 0 atom stereocenters. The van der Waals surface area contributed by atoms with E-state index in [1.165, 1.54) is 0 Å². The zero-order valence-corrected chi connectivity index (χ0v) is 11.9. The molecule has 7 nitrogen and oxygen atoms in total. The van der Waals surface area contributed by atoms with Gasteiger partial charge in [0.1, 0.15) is 0 Å². The first-order valence-electron chi connectivity index (χ1n) is 6.92. The molecule has 1 fully saturated rings. The van der Waals surface area contributed by atoms with Crippen LogP contribution in [0.15, 0.2) is 36.4 Å². The second-order valence-electron chi connectivity index (χ2n) is 4.87. The van der Waals surface area contributed by atoms with Crippen LogP contribution < -0.4 is 10.6 Å². The number of urea groups is 1. The molecule has 1 aromatic carbocycles. The largest absolute Gasteiger partial charge is 0.478 e. The number of likely N-dealkylation sites (tertiary alicyclic amines) is 1. The maximum Gasteiger partial charge on any atom is 0.328 e. The van der Waals surface area contributed by atoms with Crippen LogP contribution in [0.1, 0.15) is 12.8 Å². The van der Waals surface area contributed by atoms with Crippen LogP contribution in [0, 0.1) is 0 Å². The molecule has 116 valence electrons. The standard InChI is InChI=1S/C15H17N3O4/c19-13(6-7-14(20)21)16-11-4-3-5-12(10-11)17-15(22)18-8-1-2-9-18/h3-7,10H,1-2,8-9H2,(H,16,19)(H,17,22)(H,20,21)/b7-6+. The first-order chi connectivity index (χ1) is 10.5. The molecule has 0 saturated carbocycles. The Morgan fingerprint density at radius 2 is 1.68 bits per heavy atom. The average molecular weight is 303 g/mol. The highest BCUT2D eigenvalue weighted by Gasteiger charge is 2.17. The predicted octanol–water partition coefficient (Wildman–Crippen LogP) is 1.89. The van der Waals surface area contributed by atoms with E-state index in [1.54, 1.807) is 29.2 Å². The number of nitrogens with zero attached hydrogens (tertiary/aromatic N) is 1. The molecule has 22 heavy (non-hydrogen) atoms. The van der Waals surface area contributed by atoms with Gasteiger partial charge in [0.25, 0.3) is 0 Å². The van der Waals surface area contributed by atoms with Crippen molar-refractivity contribution in [3.05, 3.63) is 36.4 Å². The quantitative estimate of drug-likeness (QED) is 0.740. The monoisotopic (exact) mass is 303 g/mol. The van der Waals surface area contributed by atoms with Crippen LogP contribution in [0.25, 0.3) is 0 Å². The fourth-order valence-electron chi connectivity index (χ4n) is 2.13. The van der Waals surface area contributed by atoms with Gasteiger partial charge in [0.05, 0.1) is 0 Å². The van der Waals surface area contributed by atoms with E-state index < -0.39 is 11.9 Å². The van der Waals surface area contributed by atoms with Crippen molar-refractivity contribution in [2.45, 2.75) is 12.8 Å². The summed E-state index contributed by atoms with van der Waals surface area (Å²) in [5.74, 6) is -1.74. The third kappa shape index (κ3) is 4.62. The maximum atomic E-state index is 12.0. The molecule has 0 spiro atoms. The number of hydrogen-bond donors (Lipinski definition) is 3. The lowest BCUT2D eigenvalue weighted by Crippen LogP contribution is -2.32. The van der Waals surface area contributed by atoms with Crippen molar-refractivity contribution < 1.29 is 19.5 Å². The van der Waals surface area contributed by atoms with Gasteiger partial charge in [-0.15, -0.1) is 0 Å². The minimum Gasteiger partial charge on any atom is -0.478 e. The summed E-state index contributed by atoms with van der Waals surface area (Å²) in [6.07, 6.45) is 3.71. The average Bonchev–Trinajstić information content (AvgIpc) is 3.00. The van der Waals surface area contributed by atoms with Crippen molar-refractivity contribution in [2.75, 3.05) is 23.7 Å². The van der Waals surface area contributed by atoms with E-state index in [2.05, 4.69) is 10.6 Å². The van der Waals surface area contributed by atoms with Crippen molar-refractivity contribution in [3.63, 3.8) is 0 Å². The van der Waals surface area contributed by atoms with Gasteiger partial charge in [-0.3, -0.25) is 4.79 Å². The molecule has 0 radical (unpaired) electrons. The minimum absolute atomic E-state index is 0.160. The normalized spacial score (nSPS) is 14.1. The second-order valence-corrected chi connectivity index (χ2v) is 4.87. The van der Waals surface area contributed by atoms with E-state index in [0.29, 0.717) is 11.4 Å². The van der Waals surface area contributed by atoms with Crippen LogP contribution in [-0.2, 0) is 9.59 Å². The molecular formula is C15H17N3O4. The fraction of sp³-hybridized carbons (Fsp3) is 0.267. The molecule has 0 aromatic heterocycles. The molecule has 1 aromatic rings. The fourth-order valence-corrected chi connectivity index (χ4v) is 2.13. The summed E-state index contributed by atoms with van der Waals surface area (Å²) in [5, 5.41) is 13.8. The van der Waals surface area contributed by atoms with Crippen molar-refractivity contribution in [2.24, 2.45) is 0 Å². The van der Waals surface area contributed by atoms with Gasteiger partial charge in [-0.05, 0) is 31.0 Å². The van der Waals surface area contributed by atoms with E-state index in [9.17, 15) is 14.4 Å². The van der Waals surface area contributed by atoms with Crippen molar-refractivity contribution in [1.82, 2.24) is 4.90 Å². The van der Waals surface area contributed by atoms with Gasteiger partial charge in [0.15, 0.2) is 0 Å². The first-order valence-corrected chi connectivity index (χ1v) is 6.92. The summed E-state index contributed by atoms with van der Waals surface area (Å²) in [5.41, 5.74) is 1.04. The number of aliphatic carboxylic acids is 1. The summed E-state index contributed by atoms with van der Waals surface area (Å²) in [6.45, 7) is 1.50. The van der Waals surface area contributed by atoms with Crippen molar-refractivity contribution in [1.29, 1.82) is 0 Å². The third-order valence-electron chi connectivity index (χ3n) is 3.15. The number of anilines is 2. The minimum atomic E-state index is -1.19. The van der Waals surface area contributed by atoms with Crippen LogP contribution in [0.5, 0.6) is 0 Å². The zero-order chi connectivity index (χ0) is 15.9. The Morgan fingerprint density at radius 3 is 2.32 bits per heavy atom. The second kappa shape index (κ2) is 7.26. The highest BCUT2D eigenvalue weighted by Crippen LogP contribution is 2.17. The number of amides is 3. The lowest BCUT2D eigenvalue weighted by atomic mass is 10.2. The van der Waals surface area contributed by atoms with E-state index in [-0.39, 0.29) is 6.03 Å². The van der Waals surface area contributed by atoms with Crippen LogP contribution in [0.2, 0.25) is 0 Å². The van der Waals surface area contributed by atoms with Gasteiger partial charge in [-0.2, -0.15) is 0 Å². The molecule has 7 heteroatoms. The number of carboxylic acids is 1. The van der Waals surface area contributed by atoms with Crippen LogP contribution in [-0.4, -0.2) is 41.0 Å². The Kier molecular flexibility index (Phi) is 5.13. The molecule has 1 heterocycles. The predicted molar refractivity (Wildman–Crippen MR) is 81.7 cm³/mol. The highest BCUT2D eigenvalue weighted by atomic mass is 16.4. The van der Waals surface area contributed by atoms with Crippen LogP contribution in [0.3, 0.4) is 0 Å². The number of benzene rings is 1. The first kappa shape index (κ1) is 15.6. The molecule has 2 rings (SSSR count). The summed E-state index contributed by atoms with van der Waals surface area (Å²) in [7, 11) is 0. The topological polar surface area (TPSA) is 98.7 Å². The van der Waals surface area contributed by atoms with Gasteiger partial charge in [-0.25, -0.2) is 9.59 Å². The Hall–Kier alpha value is -2.83. The highest BCUT2D eigenvalue weighted by molar-refractivity contribution is 6.02. The van der Waals surface area contributed by atoms with E-state index in [4.69, 9.17) is 5.11 Å². The van der Waals surface area contributed by atoms with E-state index in [0.717, 1.165) is 38.1 Å². The van der Waals surface area contributed by atoms with Gasteiger partial charge >= 0.3 is 12.0 Å². The van der Waals surface area contributed by atoms with Crippen LogP contribution in [0.4, 0.5) is 16.2 Å². The molecule has 0 unspecified atom stereocenters. The van der Waals surface area contributed by atoms with Crippen LogP contribution >= 0.6 is 0 Å². The smallest absolute Gasteiger partial charge is 0.328 e. The Morgan fingerprint density at radius 1 is 1.05 bits per heavy atom. The van der Waals surface area contributed by atoms with Gasteiger partial charge in [0.2, 0.25) is 5.91 Å². The molecule has 0 bridgehead atoms. The number of nitrogens with one attached hydrogen (secondary N) is 2. The summed E-state index contributed by atoms with van der Waals surface area (Å²) >= 11 is 0. The Balaban J connectivity index is 1.96. The number of hydrogen-bond acceptors (Lipinski definition) is 3. The number of carbonyl (C=O) groups is 3. The molecule has 3 amide bonds. The molecule has 1 aliphatic rings. The molecule has 1 aliphatic heterocycles. The maximum absolute atomic E-state index is 12.0. The number of rotatable bonds is 4. The number of carbonyl (C=O) groups excluding carboxylic acids is 2. The van der Waals surface area contributed by atoms with E-state index >= 15 is 0 Å². The molecule has 0 aliphatic carbocycles. The lowest BCUT2D eigenvalue weighted by Gasteiger charge is -2.16. The molecule has 3 N–H and O–H groups in total. The zero-order valence-electron chi connectivity index (χ0n) is 11.9. The van der Waals surface area contributed by atoms with Gasteiger partial charge < -0.3 is 20.6 Å². The molecule has 1 saturated heterocycles. The Bertz CT molecular complexity index is 607. The summed E-state index contributed by atoms with van der Waals surface area (Å²) in [6, 6.07) is 6.51. The summed E-state index contributed by atoms with van der Waals surface area (Å²) in [4.78, 5) is 35.6. The third-order valence-corrected chi connectivity index (χ3v) is 3.15. The van der Waals surface area contributed by atoms with Gasteiger partial charge in [0, 0.05) is 36.6 Å². The van der Waals surface area contributed by atoms with Gasteiger partial charge in [-0.1, -0.05) is 6.07 Å². The lowest BCUT2D eigenvalue weighted by molar-refractivity contribution is -0.131. The SMILES string of the molecule is O=C(O)/C=C/C(=O)Nc1cccc(NC(=O)N2CCCC2)c1. The molecular weight excluding hydrogens is 286 g/mol. The number of carboxylic acid groups (broad SMARTS) is 1.